The molecule has 0 aliphatic rings. The van der Waals surface area contributed by atoms with Crippen molar-refractivity contribution < 1.29 is 9.90 Å². The lowest BCUT2D eigenvalue weighted by atomic mass is 10.3. The molecule has 0 saturated heterocycles. The molecule has 4 N–H and O–H groups in total. The van der Waals surface area contributed by atoms with E-state index in [1.165, 1.54) is 17.4 Å². The predicted octanol–water partition coefficient (Wildman–Crippen LogP) is 1.31. The number of nitrogens with zero attached hydrogens (tertiary/aromatic N) is 2. The standard InChI is InChI=1S/C12H14N4O2S/c1-7-2-3-9(17)11(14-7)16-12(18)8-6-19-10(15-8)4-5-13/h2-3,6,17H,4-5,13H2,1H3,(H,14,16,18). The molecule has 2 heterocycles. The number of aromatic hydroxyl groups is 1. The summed E-state index contributed by atoms with van der Waals surface area (Å²) in [6.07, 6.45) is 0.645. The number of hydrogen-bond acceptors (Lipinski definition) is 6. The quantitative estimate of drug-likeness (QED) is 0.782. The van der Waals surface area contributed by atoms with Gasteiger partial charge in [0.15, 0.2) is 11.6 Å². The maximum Gasteiger partial charge on any atom is 0.276 e. The Labute approximate surface area is 114 Å². The summed E-state index contributed by atoms with van der Waals surface area (Å²) < 4.78 is 0. The third-order valence-electron chi connectivity index (χ3n) is 2.39. The molecule has 0 unspecified atom stereocenters. The molecular weight excluding hydrogens is 264 g/mol. The lowest BCUT2D eigenvalue weighted by Crippen LogP contribution is -2.14. The lowest BCUT2D eigenvalue weighted by molar-refractivity contribution is 0.102. The number of nitrogens with two attached hydrogens (primary N) is 1. The van der Waals surface area contributed by atoms with Crippen molar-refractivity contribution >= 4 is 23.1 Å². The molecule has 0 fully saturated rings. The summed E-state index contributed by atoms with van der Waals surface area (Å²) in [4.78, 5) is 20.2. The first-order chi connectivity index (χ1) is 9.10. The molecular formula is C12H14N4O2S. The number of carbonyl (C=O) groups is 1. The molecule has 0 aromatic carbocycles. The Morgan fingerprint density at radius 3 is 3.00 bits per heavy atom. The molecule has 0 bridgehead atoms. The molecule has 7 heteroatoms. The molecule has 0 spiro atoms. The predicted molar refractivity (Wildman–Crippen MR) is 73.5 cm³/mol. The van der Waals surface area contributed by atoms with E-state index in [0.29, 0.717) is 24.4 Å². The highest BCUT2D eigenvalue weighted by Gasteiger charge is 2.13. The van der Waals surface area contributed by atoms with Crippen molar-refractivity contribution in [2.24, 2.45) is 5.73 Å². The number of carbonyl (C=O) groups excluding carboxylic acids is 1. The fourth-order valence-corrected chi connectivity index (χ4v) is 2.26. The highest BCUT2D eigenvalue weighted by Crippen LogP contribution is 2.21. The largest absolute Gasteiger partial charge is 0.504 e. The van der Waals surface area contributed by atoms with Crippen LogP contribution in [0.2, 0.25) is 0 Å². The second-order valence-electron chi connectivity index (χ2n) is 3.94. The Morgan fingerprint density at radius 2 is 2.26 bits per heavy atom. The van der Waals surface area contributed by atoms with Crippen molar-refractivity contribution in [1.29, 1.82) is 0 Å². The van der Waals surface area contributed by atoms with E-state index in [9.17, 15) is 9.90 Å². The summed E-state index contributed by atoms with van der Waals surface area (Å²) in [6, 6.07) is 3.14. The van der Waals surface area contributed by atoms with Crippen LogP contribution in [0.1, 0.15) is 21.2 Å². The molecule has 0 radical (unpaired) electrons. The van der Waals surface area contributed by atoms with E-state index in [1.807, 2.05) is 0 Å². The van der Waals surface area contributed by atoms with Gasteiger partial charge in [0.1, 0.15) is 5.69 Å². The van der Waals surface area contributed by atoms with Crippen LogP contribution in [0.15, 0.2) is 17.5 Å². The third-order valence-corrected chi connectivity index (χ3v) is 3.30. The van der Waals surface area contributed by atoms with Crippen LogP contribution in [-0.2, 0) is 6.42 Å². The minimum absolute atomic E-state index is 0.0728. The monoisotopic (exact) mass is 278 g/mol. The Balaban J connectivity index is 2.13. The maximum absolute atomic E-state index is 11.9. The van der Waals surface area contributed by atoms with E-state index >= 15 is 0 Å². The van der Waals surface area contributed by atoms with E-state index in [-0.39, 0.29) is 11.6 Å². The first kappa shape index (κ1) is 13.4. The summed E-state index contributed by atoms with van der Waals surface area (Å²) >= 11 is 1.39. The highest BCUT2D eigenvalue weighted by atomic mass is 32.1. The van der Waals surface area contributed by atoms with Crippen LogP contribution in [0.25, 0.3) is 0 Å². The number of anilines is 1. The van der Waals surface area contributed by atoms with Gasteiger partial charge >= 0.3 is 0 Å². The zero-order valence-electron chi connectivity index (χ0n) is 10.4. The second kappa shape index (κ2) is 5.77. The number of pyridine rings is 1. The molecule has 0 atom stereocenters. The molecule has 100 valence electrons. The van der Waals surface area contributed by atoms with Crippen LogP contribution in [0.5, 0.6) is 5.75 Å². The van der Waals surface area contributed by atoms with Gasteiger partial charge < -0.3 is 16.2 Å². The molecule has 0 aliphatic carbocycles. The molecule has 0 aliphatic heterocycles. The molecule has 6 nitrogen and oxygen atoms in total. The van der Waals surface area contributed by atoms with Gasteiger partial charge in [0, 0.05) is 17.5 Å². The summed E-state index contributed by atoms with van der Waals surface area (Å²) in [5.74, 6) is -0.331. The van der Waals surface area contributed by atoms with Crippen LogP contribution in [0.3, 0.4) is 0 Å². The van der Waals surface area contributed by atoms with Gasteiger partial charge in [0.25, 0.3) is 5.91 Å². The number of amides is 1. The van der Waals surface area contributed by atoms with Crippen LogP contribution in [0, 0.1) is 6.92 Å². The normalized spacial score (nSPS) is 10.4. The third kappa shape index (κ3) is 3.27. The van der Waals surface area contributed by atoms with Gasteiger partial charge in [0.05, 0.1) is 5.01 Å². The number of nitrogens with one attached hydrogen (secondary N) is 1. The molecule has 2 aromatic heterocycles. The van der Waals surface area contributed by atoms with Gasteiger partial charge in [-0.25, -0.2) is 9.97 Å². The summed E-state index contributed by atoms with van der Waals surface area (Å²) in [7, 11) is 0. The Morgan fingerprint density at radius 1 is 1.47 bits per heavy atom. The fourth-order valence-electron chi connectivity index (χ4n) is 1.47. The van der Waals surface area contributed by atoms with Crippen LogP contribution in [0.4, 0.5) is 5.82 Å². The van der Waals surface area contributed by atoms with Gasteiger partial charge in [0.2, 0.25) is 0 Å². The molecule has 2 aromatic rings. The molecule has 0 saturated carbocycles. The van der Waals surface area contributed by atoms with Crippen molar-refractivity contribution in [1.82, 2.24) is 9.97 Å². The van der Waals surface area contributed by atoms with Crippen molar-refractivity contribution in [2.45, 2.75) is 13.3 Å². The minimum Gasteiger partial charge on any atom is -0.504 e. The minimum atomic E-state index is -0.395. The number of hydrogen-bond donors (Lipinski definition) is 3. The summed E-state index contributed by atoms with van der Waals surface area (Å²) in [5.41, 5.74) is 6.43. The van der Waals surface area contributed by atoms with E-state index in [1.54, 1.807) is 18.4 Å². The fraction of sp³-hybridized carbons (Fsp3) is 0.250. The molecule has 19 heavy (non-hydrogen) atoms. The Kier molecular flexibility index (Phi) is 4.08. The average molecular weight is 278 g/mol. The first-order valence-corrected chi connectivity index (χ1v) is 6.60. The lowest BCUT2D eigenvalue weighted by Gasteiger charge is -2.05. The maximum atomic E-state index is 11.9. The number of aromatic nitrogens is 2. The van der Waals surface area contributed by atoms with Crippen molar-refractivity contribution in [3.05, 3.63) is 33.9 Å². The van der Waals surface area contributed by atoms with Crippen LogP contribution >= 0.6 is 11.3 Å². The van der Waals surface area contributed by atoms with Gasteiger partial charge in [-0.05, 0) is 25.6 Å². The highest BCUT2D eigenvalue weighted by molar-refractivity contribution is 7.09. The first-order valence-electron chi connectivity index (χ1n) is 5.72. The Hall–Kier alpha value is -1.99. The summed E-state index contributed by atoms with van der Waals surface area (Å²) in [5, 5.41) is 14.6. The van der Waals surface area contributed by atoms with Gasteiger partial charge in [-0.15, -0.1) is 11.3 Å². The smallest absolute Gasteiger partial charge is 0.276 e. The number of thiazole rings is 1. The van der Waals surface area contributed by atoms with Crippen molar-refractivity contribution in [3.63, 3.8) is 0 Å². The van der Waals surface area contributed by atoms with Crippen molar-refractivity contribution in [2.75, 3.05) is 11.9 Å². The zero-order chi connectivity index (χ0) is 13.8. The van der Waals surface area contributed by atoms with E-state index in [0.717, 1.165) is 5.01 Å². The van der Waals surface area contributed by atoms with Gasteiger partial charge in [-0.3, -0.25) is 4.79 Å². The zero-order valence-corrected chi connectivity index (χ0v) is 11.2. The average Bonchev–Trinajstić information content (AvgIpc) is 2.83. The number of rotatable bonds is 4. The van der Waals surface area contributed by atoms with Crippen LogP contribution < -0.4 is 11.1 Å². The summed E-state index contributed by atoms with van der Waals surface area (Å²) in [6.45, 7) is 2.27. The van der Waals surface area contributed by atoms with E-state index in [2.05, 4.69) is 15.3 Å². The van der Waals surface area contributed by atoms with Gasteiger partial charge in [-0.2, -0.15) is 0 Å². The van der Waals surface area contributed by atoms with E-state index in [4.69, 9.17) is 5.73 Å². The molecule has 1 amide bonds. The van der Waals surface area contributed by atoms with E-state index < -0.39 is 5.91 Å². The topological polar surface area (TPSA) is 101 Å². The Bertz CT molecular complexity index is 597. The van der Waals surface area contributed by atoms with Crippen LogP contribution in [-0.4, -0.2) is 27.5 Å². The molecule has 2 rings (SSSR count). The van der Waals surface area contributed by atoms with Crippen molar-refractivity contribution in [3.8, 4) is 5.75 Å². The SMILES string of the molecule is Cc1ccc(O)c(NC(=O)c2csc(CCN)n2)n1. The second-order valence-corrected chi connectivity index (χ2v) is 4.88. The number of aryl methyl sites for hydroxylation is 1. The van der Waals surface area contributed by atoms with Gasteiger partial charge in [-0.1, -0.05) is 0 Å².